The lowest BCUT2D eigenvalue weighted by molar-refractivity contribution is -0.140. The molecule has 0 aromatic heterocycles. The molecule has 0 amide bonds. The van der Waals surface area contributed by atoms with Gasteiger partial charge in [-0.15, -0.1) is 0 Å². The highest BCUT2D eigenvalue weighted by molar-refractivity contribution is 5.62. The van der Waals surface area contributed by atoms with Gasteiger partial charge in [0.1, 0.15) is 5.82 Å². The molecule has 3 nitrogen and oxygen atoms in total. The summed E-state index contributed by atoms with van der Waals surface area (Å²) in [6.45, 7) is 0.843. The van der Waals surface area contributed by atoms with Gasteiger partial charge in [0.25, 0.3) is 5.97 Å². The number of halogens is 4. The maximum absolute atomic E-state index is 13.0. The van der Waals surface area contributed by atoms with E-state index >= 15 is 0 Å². The molecule has 0 saturated heterocycles. The van der Waals surface area contributed by atoms with Crippen LogP contribution < -0.4 is 5.73 Å². The summed E-state index contributed by atoms with van der Waals surface area (Å²) >= 11 is 0. The molecule has 0 saturated carbocycles. The van der Waals surface area contributed by atoms with Crippen LogP contribution >= 0.6 is 0 Å². The largest absolute Gasteiger partial charge is 0.481 e. The third-order valence-electron chi connectivity index (χ3n) is 1.60. The summed E-state index contributed by atoms with van der Waals surface area (Å²) in [6.07, 6.45) is -4.66. The number of benzene rings is 1. The molecule has 0 fully saturated rings. The summed E-state index contributed by atoms with van der Waals surface area (Å²) in [5, 5.41) is 7.42. The van der Waals surface area contributed by atoms with Crippen molar-refractivity contribution in [3.05, 3.63) is 35.1 Å². The first-order chi connectivity index (χ1) is 7.70. The standard InChI is InChI=1S/C8H7F4N.C2H4O2/c9-7-5(4-13)2-1-3-6(7)8(10,11)12;1-2(3)4/h1-3H,4,13H2;1H3,(H,3,4). The van der Waals surface area contributed by atoms with E-state index in [-0.39, 0.29) is 12.1 Å². The summed E-state index contributed by atoms with van der Waals surface area (Å²) in [7, 11) is 0. The van der Waals surface area contributed by atoms with E-state index in [0.29, 0.717) is 6.07 Å². The Kier molecular flexibility index (Phi) is 5.60. The lowest BCUT2D eigenvalue weighted by atomic mass is 10.1. The average molecular weight is 253 g/mol. The Hall–Kier alpha value is -1.63. The highest BCUT2D eigenvalue weighted by Gasteiger charge is 2.34. The van der Waals surface area contributed by atoms with Crippen molar-refractivity contribution >= 4 is 5.97 Å². The molecule has 0 bridgehead atoms. The van der Waals surface area contributed by atoms with Crippen LogP contribution in [0, 0.1) is 5.82 Å². The molecule has 17 heavy (non-hydrogen) atoms. The van der Waals surface area contributed by atoms with Crippen LogP contribution in [0.3, 0.4) is 0 Å². The zero-order valence-corrected chi connectivity index (χ0v) is 8.88. The molecule has 0 radical (unpaired) electrons. The molecule has 96 valence electrons. The van der Waals surface area contributed by atoms with Crippen molar-refractivity contribution in [3.63, 3.8) is 0 Å². The number of carboxylic acid groups (broad SMARTS) is 1. The Labute approximate surface area is 94.9 Å². The van der Waals surface area contributed by atoms with Crippen LogP contribution in [0.4, 0.5) is 17.6 Å². The van der Waals surface area contributed by atoms with Gasteiger partial charge in [-0.3, -0.25) is 4.79 Å². The fourth-order valence-electron chi connectivity index (χ4n) is 0.956. The summed E-state index contributed by atoms with van der Waals surface area (Å²) < 4.78 is 49.2. The van der Waals surface area contributed by atoms with Crippen molar-refractivity contribution in [2.45, 2.75) is 19.6 Å². The molecule has 1 aromatic rings. The summed E-state index contributed by atoms with van der Waals surface area (Å²) in [5.74, 6) is -2.11. The van der Waals surface area contributed by atoms with Crippen LogP contribution in [-0.2, 0) is 17.5 Å². The van der Waals surface area contributed by atoms with Crippen molar-refractivity contribution < 1.29 is 27.5 Å². The second kappa shape index (κ2) is 6.19. The molecule has 0 aliphatic rings. The number of hydrogen-bond acceptors (Lipinski definition) is 2. The monoisotopic (exact) mass is 253 g/mol. The molecule has 0 aliphatic carbocycles. The minimum Gasteiger partial charge on any atom is -0.481 e. The first-order valence-electron chi connectivity index (χ1n) is 4.44. The van der Waals surface area contributed by atoms with Gasteiger partial charge in [0.15, 0.2) is 0 Å². The predicted molar refractivity (Wildman–Crippen MR) is 52.6 cm³/mol. The fourth-order valence-corrected chi connectivity index (χ4v) is 0.956. The third kappa shape index (κ3) is 5.30. The molecule has 0 unspecified atom stereocenters. The van der Waals surface area contributed by atoms with Crippen LogP contribution in [0.15, 0.2) is 18.2 Å². The maximum Gasteiger partial charge on any atom is 0.419 e. The molecule has 0 atom stereocenters. The van der Waals surface area contributed by atoms with E-state index in [2.05, 4.69) is 0 Å². The molecule has 1 aromatic carbocycles. The van der Waals surface area contributed by atoms with Gasteiger partial charge in [0.05, 0.1) is 5.56 Å². The van der Waals surface area contributed by atoms with Gasteiger partial charge in [-0.25, -0.2) is 4.39 Å². The molecule has 0 aliphatic heterocycles. The predicted octanol–water partition coefficient (Wildman–Crippen LogP) is 2.39. The number of aliphatic carboxylic acids is 1. The van der Waals surface area contributed by atoms with Crippen LogP contribution in [0.5, 0.6) is 0 Å². The number of carboxylic acids is 1. The number of alkyl halides is 3. The smallest absolute Gasteiger partial charge is 0.419 e. The van der Waals surface area contributed by atoms with E-state index in [1.165, 1.54) is 6.07 Å². The highest BCUT2D eigenvalue weighted by atomic mass is 19.4. The Morgan fingerprint density at radius 2 is 1.88 bits per heavy atom. The normalized spacial score (nSPS) is 10.5. The van der Waals surface area contributed by atoms with Gasteiger partial charge in [-0.05, 0) is 6.07 Å². The summed E-state index contributed by atoms with van der Waals surface area (Å²) in [4.78, 5) is 9.00. The Morgan fingerprint density at radius 1 is 1.41 bits per heavy atom. The second-order valence-electron chi connectivity index (χ2n) is 3.00. The van der Waals surface area contributed by atoms with Crippen molar-refractivity contribution in [1.29, 1.82) is 0 Å². The third-order valence-corrected chi connectivity index (χ3v) is 1.60. The summed E-state index contributed by atoms with van der Waals surface area (Å²) in [5.41, 5.74) is 3.66. The van der Waals surface area contributed by atoms with Crippen LogP contribution in [0.1, 0.15) is 18.1 Å². The second-order valence-corrected chi connectivity index (χ2v) is 3.00. The Morgan fingerprint density at radius 3 is 2.24 bits per heavy atom. The molecule has 1 rings (SSSR count). The number of carbonyl (C=O) groups is 1. The van der Waals surface area contributed by atoms with E-state index in [9.17, 15) is 17.6 Å². The average Bonchev–Trinajstić information content (AvgIpc) is 2.15. The number of hydrogen-bond donors (Lipinski definition) is 2. The van der Waals surface area contributed by atoms with Crippen molar-refractivity contribution in [2.75, 3.05) is 0 Å². The van der Waals surface area contributed by atoms with Gasteiger partial charge in [0.2, 0.25) is 0 Å². The Bertz CT molecular complexity index is 386. The quantitative estimate of drug-likeness (QED) is 0.755. The van der Waals surface area contributed by atoms with E-state index < -0.39 is 23.5 Å². The SMILES string of the molecule is CC(=O)O.NCc1cccc(C(F)(F)F)c1F. The van der Waals surface area contributed by atoms with Gasteiger partial charge in [-0.2, -0.15) is 13.2 Å². The van der Waals surface area contributed by atoms with Gasteiger partial charge in [0, 0.05) is 19.0 Å². The van der Waals surface area contributed by atoms with E-state index in [1.54, 1.807) is 0 Å². The zero-order chi connectivity index (χ0) is 13.6. The fraction of sp³-hybridized carbons (Fsp3) is 0.300. The first kappa shape index (κ1) is 15.4. The van der Waals surface area contributed by atoms with Gasteiger partial charge in [-0.1, -0.05) is 12.1 Å². The zero-order valence-electron chi connectivity index (χ0n) is 8.88. The molecular formula is C10H11F4NO2. The highest BCUT2D eigenvalue weighted by Crippen LogP contribution is 2.32. The minimum absolute atomic E-state index is 0.130. The minimum atomic E-state index is -4.66. The molecular weight excluding hydrogens is 242 g/mol. The van der Waals surface area contributed by atoms with Crippen molar-refractivity contribution in [3.8, 4) is 0 Å². The van der Waals surface area contributed by atoms with Gasteiger partial charge < -0.3 is 10.8 Å². The lowest BCUT2D eigenvalue weighted by Gasteiger charge is -2.09. The van der Waals surface area contributed by atoms with Crippen molar-refractivity contribution in [2.24, 2.45) is 5.73 Å². The van der Waals surface area contributed by atoms with E-state index in [4.69, 9.17) is 15.6 Å². The van der Waals surface area contributed by atoms with Crippen LogP contribution in [0.25, 0.3) is 0 Å². The maximum atomic E-state index is 13.0. The molecule has 3 N–H and O–H groups in total. The molecule has 0 heterocycles. The Balaban J connectivity index is 0.000000557. The topological polar surface area (TPSA) is 63.3 Å². The van der Waals surface area contributed by atoms with Crippen molar-refractivity contribution in [1.82, 2.24) is 0 Å². The number of nitrogens with two attached hydrogens (primary N) is 1. The van der Waals surface area contributed by atoms with E-state index in [0.717, 1.165) is 13.0 Å². The van der Waals surface area contributed by atoms with E-state index in [1.807, 2.05) is 0 Å². The van der Waals surface area contributed by atoms with Crippen LogP contribution in [-0.4, -0.2) is 11.1 Å². The summed E-state index contributed by atoms with van der Waals surface area (Å²) in [6, 6.07) is 3.05. The molecule has 0 spiro atoms. The number of rotatable bonds is 1. The lowest BCUT2D eigenvalue weighted by Crippen LogP contribution is -2.11. The van der Waals surface area contributed by atoms with Crippen LogP contribution in [0.2, 0.25) is 0 Å². The van der Waals surface area contributed by atoms with Gasteiger partial charge >= 0.3 is 6.18 Å². The molecule has 7 heteroatoms. The first-order valence-corrected chi connectivity index (χ1v) is 4.44.